The number of nitrogens with zero attached hydrogens (tertiary/aromatic N) is 2. The number of esters is 1. The summed E-state index contributed by atoms with van der Waals surface area (Å²) in [5, 5.41) is 11.4. The summed E-state index contributed by atoms with van der Waals surface area (Å²) in [5.41, 5.74) is 6.00. The maximum atomic E-state index is 11.6. The highest BCUT2D eigenvalue weighted by Crippen LogP contribution is 2.21. The van der Waals surface area contributed by atoms with Crippen molar-refractivity contribution >= 4 is 29.2 Å². The number of ether oxygens (including phenoxy) is 1. The van der Waals surface area contributed by atoms with Crippen LogP contribution in [-0.4, -0.2) is 29.5 Å². The maximum absolute atomic E-state index is 11.6. The molecule has 0 bridgehead atoms. The molecule has 0 spiro atoms. The van der Waals surface area contributed by atoms with Crippen LogP contribution in [0.2, 0.25) is 5.15 Å². The van der Waals surface area contributed by atoms with E-state index in [0.29, 0.717) is 0 Å². The van der Waals surface area contributed by atoms with Gasteiger partial charge in [-0.2, -0.15) is 5.26 Å². The number of hydrogen-bond donors (Lipinski definition) is 2. The number of carbonyl (C=O) groups excluding carboxylic acids is 2. The first kappa shape index (κ1) is 16.7. The van der Waals surface area contributed by atoms with Crippen LogP contribution >= 0.6 is 11.6 Å². The van der Waals surface area contributed by atoms with Crippen molar-refractivity contribution < 1.29 is 14.3 Å². The Bertz CT molecular complexity index is 596. The van der Waals surface area contributed by atoms with Crippen molar-refractivity contribution in [2.45, 2.75) is 26.3 Å². The van der Waals surface area contributed by atoms with E-state index in [2.05, 4.69) is 10.3 Å². The van der Waals surface area contributed by atoms with E-state index in [1.165, 1.54) is 6.07 Å². The lowest BCUT2D eigenvalue weighted by atomic mass is 10.2. The minimum Gasteiger partial charge on any atom is -0.455 e. The lowest BCUT2D eigenvalue weighted by Gasteiger charge is -2.09. The molecule has 0 aliphatic rings. The number of hydrogen-bond acceptors (Lipinski definition) is 6. The summed E-state index contributed by atoms with van der Waals surface area (Å²) in [6, 6.07) is 3.18. The second kappa shape index (κ2) is 7.45. The summed E-state index contributed by atoms with van der Waals surface area (Å²) in [6.07, 6.45) is -0.205. The van der Waals surface area contributed by atoms with Crippen molar-refractivity contribution in [1.82, 2.24) is 10.3 Å². The third-order valence-corrected chi connectivity index (χ3v) is 2.61. The van der Waals surface area contributed by atoms with E-state index in [1.807, 2.05) is 6.07 Å². The molecule has 21 heavy (non-hydrogen) atoms. The van der Waals surface area contributed by atoms with Gasteiger partial charge in [-0.05, 0) is 19.9 Å². The van der Waals surface area contributed by atoms with E-state index in [1.54, 1.807) is 13.8 Å². The number of nitrogen functional groups attached to an aromatic ring is 1. The van der Waals surface area contributed by atoms with Crippen molar-refractivity contribution in [2.24, 2.45) is 0 Å². The molecule has 0 saturated heterocycles. The van der Waals surface area contributed by atoms with E-state index in [4.69, 9.17) is 27.3 Å². The Hall–Kier alpha value is -2.33. The largest absolute Gasteiger partial charge is 0.455 e. The van der Waals surface area contributed by atoms with Crippen molar-refractivity contribution in [3.8, 4) is 6.07 Å². The second-order valence-electron chi connectivity index (χ2n) is 4.54. The number of aromatic nitrogens is 1. The average Bonchev–Trinajstić information content (AvgIpc) is 2.39. The molecule has 0 unspecified atom stereocenters. The Morgan fingerprint density at radius 2 is 2.24 bits per heavy atom. The molecule has 0 radical (unpaired) electrons. The first-order chi connectivity index (χ1) is 9.83. The standard InChI is InChI=1S/C13H15ClN4O3/c1-7(2)17-10(19)6-21-11(20)4-9-3-8(5-15)12(16)13(14)18-9/h3,7H,4,6,16H2,1-2H3,(H,17,19). The summed E-state index contributed by atoms with van der Waals surface area (Å²) in [7, 11) is 0. The fourth-order valence-electron chi connectivity index (χ4n) is 1.47. The van der Waals surface area contributed by atoms with Crippen molar-refractivity contribution in [3.05, 3.63) is 22.5 Å². The zero-order chi connectivity index (χ0) is 16.0. The molecular formula is C13H15ClN4O3. The van der Waals surface area contributed by atoms with Gasteiger partial charge in [0.05, 0.1) is 23.4 Å². The molecule has 0 aliphatic heterocycles. The summed E-state index contributed by atoms with van der Waals surface area (Å²) in [4.78, 5) is 26.8. The van der Waals surface area contributed by atoms with Gasteiger partial charge in [0.2, 0.25) is 0 Å². The van der Waals surface area contributed by atoms with Gasteiger partial charge in [0.1, 0.15) is 6.07 Å². The zero-order valence-electron chi connectivity index (χ0n) is 11.6. The number of anilines is 1. The zero-order valence-corrected chi connectivity index (χ0v) is 12.4. The molecule has 0 fully saturated rings. The van der Waals surface area contributed by atoms with E-state index in [-0.39, 0.29) is 47.1 Å². The van der Waals surface area contributed by atoms with E-state index >= 15 is 0 Å². The van der Waals surface area contributed by atoms with Crippen molar-refractivity contribution in [3.63, 3.8) is 0 Å². The van der Waals surface area contributed by atoms with Gasteiger partial charge in [-0.3, -0.25) is 9.59 Å². The molecule has 3 N–H and O–H groups in total. The van der Waals surface area contributed by atoms with Crippen LogP contribution in [0.5, 0.6) is 0 Å². The number of nitrogens with one attached hydrogen (secondary N) is 1. The molecule has 1 amide bonds. The smallest absolute Gasteiger partial charge is 0.312 e. The van der Waals surface area contributed by atoms with Crippen LogP contribution in [0.4, 0.5) is 5.69 Å². The molecule has 8 heteroatoms. The molecule has 1 aromatic heterocycles. The van der Waals surface area contributed by atoms with Crippen LogP contribution in [-0.2, 0) is 20.7 Å². The summed E-state index contributed by atoms with van der Waals surface area (Å²) in [6.45, 7) is 3.22. The van der Waals surface area contributed by atoms with Gasteiger partial charge in [-0.15, -0.1) is 0 Å². The predicted octanol–water partition coefficient (Wildman–Crippen LogP) is 0.799. The number of nitriles is 1. The first-order valence-electron chi connectivity index (χ1n) is 6.13. The normalized spacial score (nSPS) is 10.0. The highest BCUT2D eigenvalue weighted by atomic mass is 35.5. The minimum absolute atomic E-state index is 0.0352. The molecule has 0 aromatic carbocycles. The molecule has 0 saturated carbocycles. The molecule has 1 rings (SSSR count). The fraction of sp³-hybridized carbons (Fsp3) is 0.385. The number of amides is 1. The first-order valence-corrected chi connectivity index (χ1v) is 6.51. The van der Waals surface area contributed by atoms with Gasteiger partial charge in [0.15, 0.2) is 11.8 Å². The third-order valence-electron chi connectivity index (χ3n) is 2.32. The number of halogens is 1. The van der Waals surface area contributed by atoms with Crippen molar-refractivity contribution in [1.29, 1.82) is 5.26 Å². The lowest BCUT2D eigenvalue weighted by molar-refractivity contribution is -0.148. The number of pyridine rings is 1. The van der Waals surface area contributed by atoms with Crippen LogP contribution in [0.3, 0.4) is 0 Å². The summed E-state index contributed by atoms with van der Waals surface area (Å²) in [5.74, 6) is -1.04. The van der Waals surface area contributed by atoms with Gasteiger partial charge < -0.3 is 15.8 Å². The monoisotopic (exact) mass is 310 g/mol. The van der Waals surface area contributed by atoms with Gasteiger partial charge >= 0.3 is 5.97 Å². The van der Waals surface area contributed by atoms with Gasteiger partial charge in [0, 0.05) is 6.04 Å². The highest BCUT2D eigenvalue weighted by molar-refractivity contribution is 6.32. The fourth-order valence-corrected chi connectivity index (χ4v) is 1.68. The van der Waals surface area contributed by atoms with Crippen LogP contribution in [0, 0.1) is 11.3 Å². The predicted molar refractivity (Wildman–Crippen MR) is 76.3 cm³/mol. The van der Waals surface area contributed by atoms with Crippen LogP contribution in [0.25, 0.3) is 0 Å². The van der Waals surface area contributed by atoms with Gasteiger partial charge in [-0.25, -0.2) is 4.98 Å². The molecule has 0 aliphatic carbocycles. The lowest BCUT2D eigenvalue weighted by Crippen LogP contribution is -2.34. The quantitative estimate of drug-likeness (QED) is 0.613. The minimum atomic E-state index is -0.647. The molecule has 112 valence electrons. The molecule has 7 nitrogen and oxygen atoms in total. The second-order valence-corrected chi connectivity index (χ2v) is 4.90. The van der Waals surface area contributed by atoms with Gasteiger partial charge in [-0.1, -0.05) is 11.6 Å². The Morgan fingerprint density at radius 3 is 2.81 bits per heavy atom. The number of rotatable bonds is 5. The van der Waals surface area contributed by atoms with E-state index in [9.17, 15) is 9.59 Å². The number of nitrogens with two attached hydrogens (primary N) is 1. The van der Waals surface area contributed by atoms with Crippen LogP contribution in [0.1, 0.15) is 25.1 Å². The Balaban J connectivity index is 2.62. The number of carbonyl (C=O) groups is 2. The Labute approximate surface area is 127 Å². The molecular weight excluding hydrogens is 296 g/mol. The van der Waals surface area contributed by atoms with E-state index < -0.39 is 5.97 Å². The van der Waals surface area contributed by atoms with Crippen LogP contribution in [0.15, 0.2) is 6.07 Å². The van der Waals surface area contributed by atoms with Crippen molar-refractivity contribution in [2.75, 3.05) is 12.3 Å². The Morgan fingerprint density at radius 1 is 1.57 bits per heavy atom. The Kier molecular flexibility index (Phi) is 5.93. The molecule has 1 heterocycles. The van der Waals surface area contributed by atoms with Gasteiger partial charge in [0.25, 0.3) is 5.91 Å². The van der Waals surface area contributed by atoms with E-state index in [0.717, 1.165) is 0 Å². The average molecular weight is 311 g/mol. The summed E-state index contributed by atoms with van der Waals surface area (Å²) < 4.78 is 4.80. The maximum Gasteiger partial charge on any atom is 0.312 e. The highest BCUT2D eigenvalue weighted by Gasteiger charge is 2.13. The third kappa shape index (κ3) is 5.28. The van der Waals surface area contributed by atoms with Crippen LogP contribution < -0.4 is 11.1 Å². The summed E-state index contributed by atoms with van der Waals surface area (Å²) >= 11 is 5.76. The molecule has 1 aromatic rings. The molecule has 0 atom stereocenters. The topological polar surface area (TPSA) is 118 Å². The SMILES string of the molecule is CC(C)NC(=O)COC(=O)Cc1cc(C#N)c(N)c(Cl)n1.